The molecule has 1 unspecified atom stereocenters. The summed E-state index contributed by atoms with van der Waals surface area (Å²) in [6, 6.07) is 3.57. The van der Waals surface area contributed by atoms with Crippen LogP contribution in [0.3, 0.4) is 0 Å². The molecule has 272 valence electrons. The number of nitrogens with zero attached hydrogens (tertiary/aromatic N) is 2. The Morgan fingerprint density at radius 3 is 2.62 bits per heavy atom. The van der Waals surface area contributed by atoms with Crippen LogP contribution in [-0.2, 0) is 24.4 Å². The number of benzene rings is 1. The van der Waals surface area contributed by atoms with Crippen molar-refractivity contribution < 1.29 is 37.0 Å². The lowest BCUT2D eigenvalue weighted by atomic mass is 10.1. The number of sulfonamides is 1. The van der Waals surface area contributed by atoms with Gasteiger partial charge in [0.25, 0.3) is 5.91 Å². The van der Waals surface area contributed by atoms with Gasteiger partial charge in [0, 0.05) is 29.4 Å². The van der Waals surface area contributed by atoms with E-state index in [0.717, 1.165) is 31.2 Å². The van der Waals surface area contributed by atoms with Gasteiger partial charge in [0.15, 0.2) is 0 Å². The van der Waals surface area contributed by atoms with Crippen LogP contribution in [0.1, 0.15) is 84.1 Å². The maximum Gasteiger partial charge on any atom is 0.259 e. The predicted octanol–water partition coefficient (Wildman–Crippen LogP) is 3.41. The minimum Gasteiger partial charge on any atom is -0.496 e. The van der Waals surface area contributed by atoms with Crippen molar-refractivity contribution >= 4 is 38.6 Å². The Bertz CT molecular complexity index is 1810. The molecule has 2 aromatic rings. The topological polar surface area (TPSA) is 179 Å². The van der Waals surface area contributed by atoms with E-state index in [1.807, 2.05) is 45.1 Å². The molecule has 3 fully saturated rings. The van der Waals surface area contributed by atoms with Crippen LogP contribution in [0, 0.1) is 12.8 Å². The number of fused-ring (bicyclic) bond motifs is 3. The summed E-state index contributed by atoms with van der Waals surface area (Å²) in [6.07, 6.45) is 8.12. The molecule has 1 aromatic heterocycles. The summed E-state index contributed by atoms with van der Waals surface area (Å²) in [5.41, 5.74) is 6.41. The van der Waals surface area contributed by atoms with Crippen molar-refractivity contribution in [3.63, 3.8) is 0 Å². The van der Waals surface area contributed by atoms with Gasteiger partial charge in [0.05, 0.1) is 36.1 Å². The van der Waals surface area contributed by atoms with Gasteiger partial charge in [-0.05, 0) is 78.4 Å². The number of amides is 3. The monoisotopic (exact) mass is 711 g/mol. The number of pyridine rings is 1. The molecule has 0 spiro atoms. The molecule has 50 heavy (non-hydrogen) atoms. The summed E-state index contributed by atoms with van der Waals surface area (Å²) in [5.74, 6) is -0.584. The molecule has 2 saturated carbocycles. The zero-order valence-corrected chi connectivity index (χ0v) is 30.3. The predicted molar refractivity (Wildman–Crippen MR) is 187 cm³/mol. The first kappa shape index (κ1) is 35.9. The number of nitrogens with one attached hydrogen (secondary N) is 2. The Balaban J connectivity index is 1.31. The van der Waals surface area contributed by atoms with E-state index < -0.39 is 50.3 Å². The van der Waals surface area contributed by atoms with E-state index >= 15 is 0 Å². The molecule has 2 aliphatic heterocycles. The van der Waals surface area contributed by atoms with Gasteiger partial charge in [0.1, 0.15) is 29.2 Å². The van der Waals surface area contributed by atoms with Gasteiger partial charge < -0.3 is 30.2 Å². The normalized spacial score (nSPS) is 28.8. The molecule has 13 nitrogen and oxygen atoms in total. The number of rotatable bonds is 8. The first-order valence-electron chi connectivity index (χ1n) is 17.6. The molecule has 2 aliphatic carbocycles. The zero-order chi connectivity index (χ0) is 36.0. The first-order chi connectivity index (χ1) is 23.7. The number of aromatic nitrogens is 1. The minimum atomic E-state index is -3.94. The van der Waals surface area contributed by atoms with Gasteiger partial charge in [-0.2, -0.15) is 0 Å². The summed E-state index contributed by atoms with van der Waals surface area (Å²) in [4.78, 5) is 48.0. The van der Waals surface area contributed by atoms with E-state index in [1.165, 1.54) is 4.90 Å². The molecule has 14 heteroatoms. The van der Waals surface area contributed by atoms with E-state index in [2.05, 4.69) is 10.0 Å². The van der Waals surface area contributed by atoms with E-state index in [-0.39, 0.29) is 37.3 Å². The molecule has 1 aromatic carbocycles. The standard InChI is InChI=1S/C36H49N5O8S/c1-21(2)48-30-18-29(25-13-14-28(47-5)22(3)31(25)38-30)49-24-17-27-32(42)39-36(34(44)40-50(45,46)35(4)15-16-35)19-23(36)11-9-7-6-8-10-12-26(37)33(43)41(27)20-24/h9,11,13-14,18,21,23-24,26-27H,6-8,10,12,15-17,19-20,37H2,1-5H3,(H,39,42)(H,40,44)/b11-9-/t23?,24-,26+,27+,36-/m1/s1. The van der Waals surface area contributed by atoms with Crippen LogP contribution in [0.2, 0.25) is 0 Å². The van der Waals surface area contributed by atoms with Gasteiger partial charge in [-0.25, -0.2) is 13.4 Å². The second kappa shape index (κ2) is 13.7. The van der Waals surface area contributed by atoms with Gasteiger partial charge in [-0.15, -0.1) is 0 Å². The van der Waals surface area contributed by atoms with Crippen LogP contribution in [-0.4, -0.2) is 84.3 Å². The van der Waals surface area contributed by atoms with Crippen LogP contribution in [0.25, 0.3) is 10.9 Å². The number of carbonyl (C=O) groups excluding carboxylic acids is 3. The van der Waals surface area contributed by atoms with Gasteiger partial charge in [-0.1, -0.05) is 25.0 Å². The fourth-order valence-electron chi connectivity index (χ4n) is 7.00. The number of methoxy groups -OCH3 is 1. The van der Waals surface area contributed by atoms with Crippen molar-refractivity contribution in [1.82, 2.24) is 19.9 Å². The number of hydrogen-bond acceptors (Lipinski definition) is 10. The lowest BCUT2D eigenvalue weighted by Gasteiger charge is -2.28. The molecular weight excluding hydrogens is 662 g/mol. The molecule has 4 N–H and O–H groups in total. The third-order valence-corrected chi connectivity index (χ3v) is 12.7. The fraction of sp³-hybridized carbons (Fsp3) is 0.611. The number of hydrogen-bond donors (Lipinski definition) is 3. The number of allylic oxidation sites excluding steroid dienone is 1. The Hall–Kier alpha value is -3.91. The number of nitrogens with two attached hydrogens (primary N) is 1. The molecule has 3 heterocycles. The van der Waals surface area contributed by atoms with Gasteiger partial charge in [0.2, 0.25) is 27.7 Å². The van der Waals surface area contributed by atoms with E-state index in [9.17, 15) is 22.8 Å². The maximum absolute atomic E-state index is 14.2. The highest BCUT2D eigenvalue weighted by Crippen LogP contribution is 2.47. The maximum atomic E-state index is 14.2. The number of aryl methyl sites for hydroxylation is 1. The van der Waals surface area contributed by atoms with Gasteiger partial charge in [-0.3, -0.25) is 19.1 Å². The van der Waals surface area contributed by atoms with E-state index in [4.69, 9.17) is 24.9 Å². The van der Waals surface area contributed by atoms with Crippen molar-refractivity contribution in [2.45, 2.75) is 120 Å². The van der Waals surface area contributed by atoms with Crippen molar-refractivity contribution in [3.8, 4) is 17.4 Å². The second-order valence-corrected chi connectivity index (χ2v) is 16.9. The van der Waals surface area contributed by atoms with Crippen LogP contribution in [0.4, 0.5) is 0 Å². The molecular formula is C36H49N5O8S. The van der Waals surface area contributed by atoms with Crippen molar-refractivity contribution in [1.29, 1.82) is 0 Å². The lowest BCUT2D eigenvalue weighted by Crippen LogP contribution is -2.58. The summed E-state index contributed by atoms with van der Waals surface area (Å²) in [6.45, 7) is 7.38. The number of carbonyl (C=O) groups is 3. The summed E-state index contributed by atoms with van der Waals surface area (Å²) in [7, 11) is -2.35. The summed E-state index contributed by atoms with van der Waals surface area (Å²) >= 11 is 0. The van der Waals surface area contributed by atoms with E-state index in [1.54, 1.807) is 20.1 Å². The highest BCUT2D eigenvalue weighted by molar-refractivity contribution is 7.91. The van der Waals surface area contributed by atoms with Crippen molar-refractivity contribution in [2.24, 2.45) is 11.7 Å². The SMILES string of the molecule is COc1ccc2c(O[C@@H]3C[C@H]4C(=O)N[C@]5(C(=O)NS(=O)(=O)C6(C)CC6)CC5/C=C\CCCCC[C@H](N)C(=O)N4C3)cc(OC(C)C)nc2c1C. The molecule has 4 aliphatic rings. The first-order valence-corrected chi connectivity index (χ1v) is 19.1. The second-order valence-electron chi connectivity index (χ2n) is 14.7. The average molecular weight is 712 g/mol. The zero-order valence-electron chi connectivity index (χ0n) is 29.5. The Labute approximate surface area is 293 Å². The third-order valence-electron chi connectivity index (χ3n) is 10.5. The van der Waals surface area contributed by atoms with Crippen molar-refractivity contribution in [3.05, 3.63) is 35.9 Å². The largest absolute Gasteiger partial charge is 0.496 e. The molecule has 5 atom stereocenters. The summed E-state index contributed by atoms with van der Waals surface area (Å²) < 4.78 is 45.5. The van der Waals surface area contributed by atoms with Crippen LogP contribution in [0.15, 0.2) is 30.4 Å². The van der Waals surface area contributed by atoms with Crippen LogP contribution in [0.5, 0.6) is 17.4 Å². The highest BCUT2D eigenvalue weighted by atomic mass is 32.2. The minimum absolute atomic E-state index is 0.0825. The highest BCUT2D eigenvalue weighted by Gasteiger charge is 2.63. The quantitative estimate of drug-likeness (QED) is 0.344. The smallest absolute Gasteiger partial charge is 0.259 e. The third kappa shape index (κ3) is 7.01. The molecule has 6 rings (SSSR count). The number of ether oxygens (including phenoxy) is 3. The molecule has 3 amide bonds. The fourth-order valence-corrected chi connectivity index (χ4v) is 8.31. The Morgan fingerprint density at radius 1 is 1.16 bits per heavy atom. The van der Waals surface area contributed by atoms with Crippen LogP contribution >= 0.6 is 0 Å². The molecule has 0 bridgehead atoms. The van der Waals surface area contributed by atoms with Crippen molar-refractivity contribution in [2.75, 3.05) is 13.7 Å². The Morgan fingerprint density at radius 2 is 1.92 bits per heavy atom. The lowest BCUT2D eigenvalue weighted by molar-refractivity contribution is -0.140. The van der Waals surface area contributed by atoms with Gasteiger partial charge >= 0.3 is 0 Å². The van der Waals surface area contributed by atoms with E-state index in [0.29, 0.717) is 47.5 Å². The molecule has 0 radical (unpaired) electrons. The average Bonchev–Trinajstić information content (AvgIpc) is 3.94. The summed E-state index contributed by atoms with van der Waals surface area (Å²) in [5, 5.41) is 3.62. The molecule has 1 saturated heterocycles. The van der Waals surface area contributed by atoms with Crippen LogP contribution < -0.4 is 30.0 Å². The Kier molecular flexibility index (Phi) is 9.81.